The van der Waals surface area contributed by atoms with E-state index in [0.29, 0.717) is 32.5 Å². The van der Waals surface area contributed by atoms with Gasteiger partial charge in [-0.25, -0.2) is 0 Å². The number of carbonyl (C=O) groups excluding carboxylic acids is 2. The van der Waals surface area contributed by atoms with Gasteiger partial charge in [0.15, 0.2) is 0 Å². The first-order chi connectivity index (χ1) is 13.3. The molecule has 142 valence electrons. The van der Waals surface area contributed by atoms with E-state index in [1.165, 1.54) is 6.07 Å². The summed E-state index contributed by atoms with van der Waals surface area (Å²) in [6.45, 7) is 1.87. The topological polar surface area (TPSA) is 58.2 Å². The second-order valence-corrected chi connectivity index (χ2v) is 7.32. The summed E-state index contributed by atoms with van der Waals surface area (Å²) < 4.78 is 0. The Hall–Kier alpha value is -2.53. The normalized spacial score (nSPS) is 10.4. The quantitative estimate of drug-likeness (QED) is 0.496. The van der Waals surface area contributed by atoms with Crippen LogP contribution in [0.4, 0.5) is 11.4 Å². The zero-order chi connectivity index (χ0) is 20.3. The van der Waals surface area contributed by atoms with E-state index in [2.05, 4.69) is 10.6 Å². The second kappa shape index (κ2) is 8.65. The van der Waals surface area contributed by atoms with Gasteiger partial charge in [0.25, 0.3) is 11.8 Å². The Morgan fingerprint density at radius 2 is 1.32 bits per heavy atom. The third-order valence-electron chi connectivity index (χ3n) is 4.01. The lowest BCUT2D eigenvalue weighted by Gasteiger charge is -2.09. The zero-order valence-corrected chi connectivity index (χ0v) is 17.0. The molecule has 0 aliphatic heterocycles. The van der Waals surface area contributed by atoms with E-state index in [-0.39, 0.29) is 16.8 Å². The van der Waals surface area contributed by atoms with Gasteiger partial charge in [-0.1, -0.05) is 40.9 Å². The van der Waals surface area contributed by atoms with Crippen molar-refractivity contribution in [1.29, 1.82) is 0 Å². The predicted octanol–water partition coefficient (Wildman–Crippen LogP) is 6.46. The third kappa shape index (κ3) is 4.84. The SMILES string of the molecule is Cc1ccc(C(=O)Nc2ccc(NC(=O)c3ccc(Cl)cc3Cl)cc2)cc1Cl. The van der Waals surface area contributed by atoms with Crippen molar-refractivity contribution >= 4 is 58.0 Å². The first-order valence-electron chi connectivity index (χ1n) is 8.27. The number of benzene rings is 3. The first kappa shape index (κ1) is 20.2. The van der Waals surface area contributed by atoms with E-state index < -0.39 is 0 Å². The van der Waals surface area contributed by atoms with E-state index in [4.69, 9.17) is 34.8 Å². The molecule has 7 heteroatoms. The largest absolute Gasteiger partial charge is 0.322 e. The summed E-state index contributed by atoms with van der Waals surface area (Å²) in [5.74, 6) is -0.626. The Bertz CT molecular complexity index is 1050. The smallest absolute Gasteiger partial charge is 0.257 e. The van der Waals surface area contributed by atoms with Crippen molar-refractivity contribution in [3.8, 4) is 0 Å². The fourth-order valence-electron chi connectivity index (χ4n) is 2.45. The van der Waals surface area contributed by atoms with Crippen molar-refractivity contribution in [3.05, 3.63) is 92.4 Å². The summed E-state index contributed by atoms with van der Waals surface area (Å²) >= 11 is 18.0. The molecule has 0 saturated heterocycles. The average Bonchev–Trinajstić information content (AvgIpc) is 2.65. The number of aryl methyl sites for hydroxylation is 1. The Balaban J connectivity index is 1.66. The lowest BCUT2D eigenvalue weighted by atomic mass is 10.1. The minimum absolute atomic E-state index is 0.269. The van der Waals surface area contributed by atoms with Crippen LogP contribution < -0.4 is 10.6 Å². The molecule has 2 N–H and O–H groups in total. The highest BCUT2D eigenvalue weighted by Gasteiger charge is 2.12. The van der Waals surface area contributed by atoms with Gasteiger partial charge < -0.3 is 10.6 Å². The number of anilines is 2. The molecular weight excluding hydrogens is 419 g/mol. The molecule has 0 atom stereocenters. The van der Waals surface area contributed by atoms with Gasteiger partial charge in [0.2, 0.25) is 0 Å². The van der Waals surface area contributed by atoms with Gasteiger partial charge in [-0.3, -0.25) is 9.59 Å². The van der Waals surface area contributed by atoms with E-state index in [9.17, 15) is 9.59 Å². The van der Waals surface area contributed by atoms with Crippen LogP contribution in [0.1, 0.15) is 26.3 Å². The molecule has 0 spiro atoms. The van der Waals surface area contributed by atoms with Crippen LogP contribution in [0.2, 0.25) is 15.1 Å². The Morgan fingerprint density at radius 3 is 1.89 bits per heavy atom. The summed E-state index contributed by atoms with van der Waals surface area (Å²) in [6.07, 6.45) is 0. The van der Waals surface area contributed by atoms with Crippen molar-refractivity contribution < 1.29 is 9.59 Å². The first-order valence-corrected chi connectivity index (χ1v) is 9.41. The lowest BCUT2D eigenvalue weighted by molar-refractivity contribution is 0.101. The average molecular weight is 434 g/mol. The van der Waals surface area contributed by atoms with Crippen LogP contribution in [-0.4, -0.2) is 11.8 Å². The molecule has 0 aromatic heterocycles. The standard InChI is InChI=1S/C21H15Cl3N2O2/c1-12-2-3-13(10-18(12)23)20(27)25-15-5-7-16(8-6-15)26-21(28)17-9-4-14(22)11-19(17)24/h2-11H,1H3,(H,25,27)(H,26,28). The van der Waals surface area contributed by atoms with E-state index >= 15 is 0 Å². The number of amides is 2. The van der Waals surface area contributed by atoms with Crippen LogP contribution in [-0.2, 0) is 0 Å². The molecule has 0 radical (unpaired) electrons. The molecular formula is C21H15Cl3N2O2. The maximum atomic E-state index is 12.3. The Morgan fingerprint density at radius 1 is 0.714 bits per heavy atom. The van der Waals surface area contributed by atoms with Crippen molar-refractivity contribution in [2.75, 3.05) is 10.6 Å². The molecule has 0 aliphatic carbocycles. The highest BCUT2D eigenvalue weighted by molar-refractivity contribution is 6.37. The van der Waals surface area contributed by atoms with Crippen molar-refractivity contribution in [2.24, 2.45) is 0 Å². The van der Waals surface area contributed by atoms with E-state index in [1.54, 1.807) is 54.6 Å². The molecule has 0 unspecified atom stereocenters. The summed E-state index contributed by atoms with van der Waals surface area (Å²) in [6, 6.07) is 16.5. The van der Waals surface area contributed by atoms with Gasteiger partial charge in [-0.15, -0.1) is 0 Å². The molecule has 0 saturated carbocycles. The fraction of sp³-hybridized carbons (Fsp3) is 0.0476. The summed E-state index contributed by atoms with van der Waals surface area (Å²) in [5.41, 5.74) is 2.83. The molecule has 0 aliphatic rings. The molecule has 4 nitrogen and oxygen atoms in total. The van der Waals surface area contributed by atoms with E-state index in [0.717, 1.165) is 5.56 Å². The van der Waals surface area contributed by atoms with Gasteiger partial charge >= 0.3 is 0 Å². The van der Waals surface area contributed by atoms with Crippen LogP contribution in [0.25, 0.3) is 0 Å². The van der Waals surface area contributed by atoms with Crippen LogP contribution in [0.15, 0.2) is 60.7 Å². The molecule has 2 amide bonds. The van der Waals surface area contributed by atoms with Crippen molar-refractivity contribution in [1.82, 2.24) is 0 Å². The third-order valence-corrected chi connectivity index (χ3v) is 4.97. The van der Waals surface area contributed by atoms with Gasteiger partial charge in [0, 0.05) is 27.0 Å². The minimum Gasteiger partial charge on any atom is -0.322 e. The number of nitrogens with one attached hydrogen (secondary N) is 2. The molecule has 3 aromatic rings. The van der Waals surface area contributed by atoms with Crippen molar-refractivity contribution in [3.63, 3.8) is 0 Å². The van der Waals surface area contributed by atoms with Gasteiger partial charge in [-0.05, 0) is 67.1 Å². The van der Waals surface area contributed by atoms with Crippen LogP contribution in [0.3, 0.4) is 0 Å². The van der Waals surface area contributed by atoms with Gasteiger partial charge in [-0.2, -0.15) is 0 Å². The molecule has 0 bridgehead atoms. The fourth-order valence-corrected chi connectivity index (χ4v) is 3.12. The maximum Gasteiger partial charge on any atom is 0.257 e. The number of rotatable bonds is 4. The summed E-state index contributed by atoms with van der Waals surface area (Å²) in [5, 5.41) is 6.79. The number of carbonyl (C=O) groups is 2. The highest BCUT2D eigenvalue weighted by atomic mass is 35.5. The molecule has 0 heterocycles. The van der Waals surface area contributed by atoms with Crippen molar-refractivity contribution in [2.45, 2.75) is 6.92 Å². The molecule has 28 heavy (non-hydrogen) atoms. The number of hydrogen-bond donors (Lipinski definition) is 2. The monoisotopic (exact) mass is 432 g/mol. The van der Waals surface area contributed by atoms with Crippen LogP contribution in [0.5, 0.6) is 0 Å². The minimum atomic E-state index is -0.354. The molecule has 3 aromatic carbocycles. The number of halogens is 3. The molecule has 3 rings (SSSR count). The zero-order valence-electron chi connectivity index (χ0n) is 14.7. The predicted molar refractivity (Wildman–Crippen MR) is 115 cm³/mol. The maximum absolute atomic E-state index is 12.3. The summed E-state index contributed by atoms with van der Waals surface area (Å²) in [7, 11) is 0. The van der Waals surface area contributed by atoms with E-state index in [1.807, 2.05) is 6.92 Å². The van der Waals surface area contributed by atoms with Crippen LogP contribution >= 0.6 is 34.8 Å². The summed E-state index contributed by atoms with van der Waals surface area (Å²) in [4.78, 5) is 24.7. The lowest BCUT2D eigenvalue weighted by Crippen LogP contribution is -2.13. The van der Waals surface area contributed by atoms with Gasteiger partial charge in [0.05, 0.1) is 10.6 Å². The Labute approximate surface area is 177 Å². The van der Waals surface area contributed by atoms with Crippen LogP contribution in [0, 0.1) is 6.92 Å². The molecule has 0 fully saturated rings. The number of hydrogen-bond acceptors (Lipinski definition) is 2. The Kier molecular flexibility index (Phi) is 6.25. The van der Waals surface area contributed by atoms with Gasteiger partial charge in [0.1, 0.15) is 0 Å². The second-order valence-electron chi connectivity index (χ2n) is 6.07. The highest BCUT2D eigenvalue weighted by Crippen LogP contribution is 2.23.